The third-order valence-electron chi connectivity index (χ3n) is 3.08. The van der Waals surface area contributed by atoms with E-state index in [-0.39, 0.29) is 5.82 Å². The van der Waals surface area contributed by atoms with Crippen LogP contribution in [0.25, 0.3) is 0 Å². The Balaban J connectivity index is 2.26. The van der Waals surface area contributed by atoms with Crippen LogP contribution in [0.15, 0.2) is 18.2 Å². The fourth-order valence-corrected chi connectivity index (χ4v) is 1.97. The molecule has 1 aromatic rings. The smallest absolute Gasteiger partial charge is 0.126 e. The zero-order valence-corrected chi connectivity index (χ0v) is 11.6. The van der Waals surface area contributed by atoms with E-state index in [1.54, 1.807) is 19.1 Å². The van der Waals surface area contributed by atoms with Crippen LogP contribution in [0, 0.1) is 12.7 Å². The van der Waals surface area contributed by atoms with Gasteiger partial charge < -0.3 is 10.1 Å². The Labute approximate surface area is 110 Å². The van der Waals surface area contributed by atoms with E-state index in [0.717, 1.165) is 31.6 Å². The molecule has 1 unspecified atom stereocenters. The largest absolute Gasteiger partial charge is 0.494 e. The first kappa shape index (κ1) is 15.0. The van der Waals surface area contributed by atoms with Gasteiger partial charge in [-0.3, -0.25) is 0 Å². The Kier molecular flexibility index (Phi) is 6.73. The number of hydrogen-bond acceptors (Lipinski definition) is 2. The summed E-state index contributed by atoms with van der Waals surface area (Å²) in [4.78, 5) is 0. The first-order valence-electron chi connectivity index (χ1n) is 6.79. The molecule has 1 aromatic carbocycles. The van der Waals surface area contributed by atoms with Crippen molar-refractivity contribution in [3.05, 3.63) is 29.6 Å². The number of aryl methyl sites for hydroxylation is 1. The molecule has 0 spiro atoms. The molecule has 0 aliphatic carbocycles. The predicted molar refractivity (Wildman–Crippen MR) is 73.6 cm³/mol. The average molecular weight is 253 g/mol. The van der Waals surface area contributed by atoms with E-state index in [1.165, 1.54) is 6.07 Å². The molecule has 0 bridgehead atoms. The number of hydrogen-bond donors (Lipinski definition) is 1. The number of benzene rings is 1. The topological polar surface area (TPSA) is 21.3 Å². The van der Waals surface area contributed by atoms with Gasteiger partial charge in [0.15, 0.2) is 0 Å². The number of rotatable bonds is 8. The molecule has 3 heteroatoms. The van der Waals surface area contributed by atoms with Crippen LogP contribution >= 0.6 is 0 Å². The van der Waals surface area contributed by atoms with Crippen molar-refractivity contribution in [2.75, 3.05) is 13.2 Å². The maximum atomic E-state index is 13.1. The second-order valence-corrected chi connectivity index (χ2v) is 4.56. The highest BCUT2D eigenvalue weighted by molar-refractivity contribution is 5.28. The predicted octanol–water partition coefficient (Wildman–Crippen LogP) is 3.68. The Hall–Kier alpha value is -1.09. The normalized spacial score (nSPS) is 12.4. The van der Waals surface area contributed by atoms with Crippen LogP contribution in [-0.4, -0.2) is 19.2 Å². The van der Waals surface area contributed by atoms with Crippen LogP contribution in [0.5, 0.6) is 5.75 Å². The fraction of sp³-hybridized carbons (Fsp3) is 0.600. The van der Waals surface area contributed by atoms with Gasteiger partial charge in [-0.05, 0) is 56.5 Å². The minimum absolute atomic E-state index is 0.180. The molecular weight excluding hydrogens is 229 g/mol. The lowest BCUT2D eigenvalue weighted by Gasteiger charge is -2.15. The van der Waals surface area contributed by atoms with E-state index >= 15 is 0 Å². The molecule has 0 saturated heterocycles. The summed E-state index contributed by atoms with van der Waals surface area (Å²) in [6.45, 7) is 7.77. The molecule has 0 aliphatic heterocycles. The minimum Gasteiger partial charge on any atom is -0.494 e. The third kappa shape index (κ3) is 5.05. The van der Waals surface area contributed by atoms with Gasteiger partial charge in [0.2, 0.25) is 0 Å². The summed E-state index contributed by atoms with van der Waals surface area (Å²) in [5, 5.41) is 3.44. The van der Waals surface area contributed by atoms with Crippen LogP contribution in [0.1, 0.15) is 38.7 Å². The van der Waals surface area contributed by atoms with Crippen molar-refractivity contribution in [3.8, 4) is 5.75 Å². The summed E-state index contributed by atoms with van der Waals surface area (Å²) < 4.78 is 18.7. The van der Waals surface area contributed by atoms with Gasteiger partial charge in [0, 0.05) is 6.04 Å². The Morgan fingerprint density at radius 1 is 1.33 bits per heavy atom. The van der Waals surface area contributed by atoms with Gasteiger partial charge in [-0.2, -0.15) is 0 Å². The van der Waals surface area contributed by atoms with E-state index in [1.807, 2.05) is 0 Å². The molecule has 102 valence electrons. The molecule has 1 rings (SSSR count). The third-order valence-corrected chi connectivity index (χ3v) is 3.08. The average Bonchev–Trinajstić information content (AvgIpc) is 2.37. The van der Waals surface area contributed by atoms with E-state index < -0.39 is 0 Å². The highest BCUT2D eigenvalue weighted by Gasteiger charge is 2.04. The zero-order valence-electron chi connectivity index (χ0n) is 11.6. The molecule has 2 nitrogen and oxygen atoms in total. The molecule has 0 aliphatic rings. The van der Waals surface area contributed by atoms with Crippen molar-refractivity contribution < 1.29 is 9.13 Å². The second kappa shape index (κ2) is 8.09. The molecule has 0 fully saturated rings. The van der Waals surface area contributed by atoms with Gasteiger partial charge in [0.25, 0.3) is 0 Å². The number of nitrogens with one attached hydrogen (secondary N) is 1. The summed E-state index contributed by atoms with van der Waals surface area (Å²) in [5.41, 5.74) is 0.631. The lowest BCUT2D eigenvalue weighted by Crippen LogP contribution is -2.28. The van der Waals surface area contributed by atoms with E-state index in [2.05, 4.69) is 19.2 Å². The van der Waals surface area contributed by atoms with Gasteiger partial charge in [-0.15, -0.1) is 0 Å². The van der Waals surface area contributed by atoms with Crippen LogP contribution in [0.2, 0.25) is 0 Å². The monoisotopic (exact) mass is 253 g/mol. The molecule has 0 amide bonds. The molecule has 0 saturated carbocycles. The molecule has 0 aromatic heterocycles. The highest BCUT2D eigenvalue weighted by atomic mass is 19.1. The first-order valence-corrected chi connectivity index (χ1v) is 6.79. The molecule has 1 atom stereocenters. The van der Waals surface area contributed by atoms with Crippen molar-refractivity contribution >= 4 is 0 Å². The quantitative estimate of drug-likeness (QED) is 0.714. The van der Waals surface area contributed by atoms with Gasteiger partial charge in [0.05, 0.1) is 6.61 Å². The Morgan fingerprint density at radius 3 is 2.72 bits per heavy atom. The van der Waals surface area contributed by atoms with Crippen LogP contribution < -0.4 is 10.1 Å². The molecule has 0 radical (unpaired) electrons. The summed E-state index contributed by atoms with van der Waals surface area (Å²) >= 11 is 0. The first-order chi connectivity index (χ1) is 8.67. The number of halogens is 1. The molecule has 1 N–H and O–H groups in total. The Morgan fingerprint density at radius 2 is 2.11 bits per heavy atom. The van der Waals surface area contributed by atoms with Gasteiger partial charge in [0.1, 0.15) is 11.6 Å². The maximum absolute atomic E-state index is 13.1. The molecule has 0 heterocycles. The Bertz CT molecular complexity index is 354. The standard InChI is InChI=1S/C15H24FNO/c1-4-13(17-5-2)7-6-10-18-14-8-9-15(16)12(3)11-14/h8-9,11,13,17H,4-7,10H2,1-3H3. The van der Waals surface area contributed by atoms with Crippen LogP contribution in [0.4, 0.5) is 4.39 Å². The van der Waals surface area contributed by atoms with Crippen LogP contribution in [0.3, 0.4) is 0 Å². The zero-order chi connectivity index (χ0) is 13.4. The lowest BCUT2D eigenvalue weighted by atomic mass is 10.1. The van der Waals surface area contributed by atoms with Crippen LogP contribution in [-0.2, 0) is 0 Å². The van der Waals surface area contributed by atoms with Gasteiger partial charge in [-0.25, -0.2) is 4.39 Å². The minimum atomic E-state index is -0.180. The van der Waals surface area contributed by atoms with E-state index in [9.17, 15) is 4.39 Å². The second-order valence-electron chi connectivity index (χ2n) is 4.56. The van der Waals surface area contributed by atoms with Crippen molar-refractivity contribution in [2.24, 2.45) is 0 Å². The fourth-order valence-electron chi connectivity index (χ4n) is 1.97. The van der Waals surface area contributed by atoms with Crippen molar-refractivity contribution in [1.82, 2.24) is 5.32 Å². The van der Waals surface area contributed by atoms with Gasteiger partial charge in [-0.1, -0.05) is 13.8 Å². The summed E-state index contributed by atoms with van der Waals surface area (Å²) in [5.74, 6) is 0.575. The maximum Gasteiger partial charge on any atom is 0.126 e. The molecular formula is C15H24FNO. The van der Waals surface area contributed by atoms with Crippen molar-refractivity contribution in [2.45, 2.75) is 46.1 Å². The summed E-state index contributed by atoms with van der Waals surface area (Å²) in [7, 11) is 0. The number of ether oxygens (including phenoxy) is 1. The summed E-state index contributed by atoms with van der Waals surface area (Å²) in [6, 6.07) is 5.47. The molecule has 18 heavy (non-hydrogen) atoms. The highest BCUT2D eigenvalue weighted by Crippen LogP contribution is 2.16. The van der Waals surface area contributed by atoms with Crippen molar-refractivity contribution in [1.29, 1.82) is 0 Å². The van der Waals surface area contributed by atoms with Crippen molar-refractivity contribution in [3.63, 3.8) is 0 Å². The lowest BCUT2D eigenvalue weighted by molar-refractivity contribution is 0.294. The van der Waals surface area contributed by atoms with E-state index in [4.69, 9.17) is 4.74 Å². The SMILES string of the molecule is CCNC(CC)CCCOc1ccc(F)c(C)c1. The van der Waals surface area contributed by atoms with E-state index in [0.29, 0.717) is 18.2 Å². The summed E-state index contributed by atoms with van der Waals surface area (Å²) in [6.07, 6.45) is 3.27. The van der Waals surface area contributed by atoms with Gasteiger partial charge >= 0.3 is 0 Å².